The van der Waals surface area contributed by atoms with Crippen molar-refractivity contribution in [3.8, 4) is 17.2 Å². The van der Waals surface area contributed by atoms with Crippen LogP contribution in [0, 0.1) is 5.82 Å². The average molecular weight is 383 g/mol. The van der Waals surface area contributed by atoms with Crippen molar-refractivity contribution >= 4 is 5.91 Å². The second kappa shape index (κ2) is 8.56. The summed E-state index contributed by atoms with van der Waals surface area (Å²) in [4.78, 5) is 14.6. The van der Waals surface area contributed by atoms with Gasteiger partial charge in [-0.1, -0.05) is 6.07 Å². The third kappa shape index (κ3) is 4.14. The first-order valence-corrected chi connectivity index (χ1v) is 8.87. The van der Waals surface area contributed by atoms with Gasteiger partial charge in [0.05, 0.1) is 19.9 Å². The smallest absolute Gasteiger partial charge is 0.274 e. The highest BCUT2D eigenvalue weighted by molar-refractivity contribution is 5.92. The molecule has 28 heavy (non-hydrogen) atoms. The van der Waals surface area contributed by atoms with Gasteiger partial charge in [0.15, 0.2) is 17.2 Å². The first-order valence-electron chi connectivity index (χ1n) is 8.87. The van der Waals surface area contributed by atoms with Gasteiger partial charge in [-0.15, -0.1) is 0 Å². The Morgan fingerprint density at radius 1 is 1.07 bits per heavy atom. The molecule has 0 bridgehead atoms. The summed E-state index contributed by atoms with van der Waals surface area (Å²) in [5.74, 6) is 0.750. The zero-order valence-electron chi connectivity index (χ0n) is 16.1. The number of nitrogens with zero attached hydrogens (tertiary/aromatic N) is 3. The van der Waals surface area contributed by atoms with Crippen LogP contribution in [-0.2, 0) is 6.54 Å². The molecule has 0 atom stereocenters. The van der Waals surface area contributed by atoms with Crippen molar-refractivity contribution in [3.63, 3.8) is 0 Å². The quantitative estimate of drug-likeness (QED) is 0.624. The molecule has 3 rings (SSSR count). The van der Waals surface area contributed by atoms with E-state index >= 15 is 0 Å². The fourth-order valence-electron chi connectivity index (χ4n) is 2.86. The third-order valence-electron chi connectivity index (χ3n) is 4.39. The summed E-state index contributed by atoms with van der Waals surface area (Å²) in [5.41, 5.74) is 1.93. The molecule has 1 amide bonds. The minimum Gasteiger partial charge on any atom is -0.493 e. The predicted molar refractivity (Wildman–Crippen MR) is 103 cm³/mol. The number of benzene rings is 2. The maximum atomic E-state index is 13.1. The van der Waals surface area contributed by atoms with Gasteiger partial charge in [-0.2, -0.15) is 5.10 Å². The molecule has 0 N–H and O–H groups in total. The molecule has 1 aromatic heterocycles. The second-order valence-electron chi connectivity index (χ2n) is 6.13. The fourth-order valence-corrected chi connectivity index (χ4v) is 2.86. The van der Waals surface area contributed by atoms with Crippen molar-refractivity contribution in [3.05, 3.63) is 71.8 Å². The fraction of sp³-hybridized carbons (Fsp3) is 0.238. The van der Waals surface area contributed by atoms with E-state index in [0.29, 0.717) is 36.0 Å². The second-order valence-corrected chi connectivity index (χ2v) is 6.13. The minimum absolute atomic E-state index is 0.182. The topological polar surface area (TPSA) is 56.6 Å². The standard InChI is InChI=1S/C21H22FN3O3/c1-4-24(14-15-5-10-19(27-2)20(13-15)28-3)21(26)18-11-12-25(23-18)17-8-6-16(22)7-9-17/h5-13H,4,14H2,1-3H3. The lowest BCUT2D eigenvalue weighted by Crippen LogP contribution is -2.30. The van der Waals surface area contributed by atoms with Crippen molar-refractivity contribution in [1.82, 2.24) is 14.7 Å². The van der Waals surface area contributed by atoms with Gasteiger partial charge in [-0.05, 0) is 55.0 Å². The molecule has 0 saturated carbocycles. The number of carbonyl (C=O) groups excluding carboxylic acids is 1. The Bertz CT molecular complexity index is 954. The first-order chi connectivity index (χ1) is 13.5. The number of hydrogen-bond acceptors (Lipinski definition) is 4. The minimum atomic E-state index is -0.320. The lowest BCUT2D eigenvalue weighted by atomic mass is 10.2. The highest BCUT2D eigenvalue weighted by atomic mass is 19.1. The summed E-state index contributed by atoms with van der Waals surface area (Å²) < 4.78 is 25.2. The molecule has 6 nitrogen and oxygen atoms in total. The van der Waals surface area contributed by atoms with Crippen molar-refractivity contribution in [2.75, 3.05) is 20.8 Å². The lowest BCUT2D eigenvalue weighted by molar-refractivity contribution is 0.0746. The first kappa shape index (κ1) is 19.4. The molecule has 0 aliphatic carbocycles. The maximum Gasteiger partial charge on any atom is 0.274 e. The van der Waals surface area contributed by atoms with Crippen LogP contribution in [0.3, 0.4) is 0 Å². The molecule has 0 fully saturated rings. The Labute approximate surface area is 163 Å². The molecule has 0 aliphatic heterocycles. The predicted octanol–water partition coefficient (Wildman–Crippen LogP) is 3.69. The molecule has 3 aromatic rings. The zero-order valence-corrected chi connectivity index (χ0v) is 16.1. The van der Waals surface area contributed by atoms with Crippen molar-refractivity contribution < 1.29 is 18.7 Å². The molecule has 0 aliphatic rings. The normalized spacial score (nSPS) is 10.6. The molecular weight excluding hydrogens is 361 g/mol. The van der Waals surface area contributed by atoms with Crippen LogP contribution in [0.15, 0.2) is 54.7 Å². The summed E-state index contributed by atoms with van der Waals surface area (Å²) in [7, 11) is 3.16. The van der Waals surface area contributed by atoms with Gasteiger partial charge in [0.2, 0.25) is 0 Å². The highest BCUT2D eigenvalue weighted by Crippen LogP contribution is 2.28. The molecule has 0 spiro atoms. The van der Waals surface area contributed by atoms with E-state index in [1.165, 1.54) is 12.1 Å². The molecule has 0 unspecified atom stereocenters. The van der Waals surface area contributed by atoms with Crippen LogP contribution < -0.4 is 9.47 Å². The average Bonchev–Trinajstić information content (AvgIpc) is 3.22. The van der Waals surface area contributed by atoms with Crippen molar-refractivity contribution in [1.29, 1.82) is 0 Å². The lowest BCUT2D eigenvalue weighted by Gasteiger charge is -2.20. The number of hydrogen-bond donors (Lipinski definition) is 0. The van der Waals surface area contributed by atoms with Crippen LogP contribution in [-0.4, -0.2) is 41.4 Å². The van der Waals surface area contributed by atoms with Crippen molar-refractivity contribution in [2.24, 2.45) is 0 Å². The Balaban J connectivity index is 1.78. The summed E-state index contributed by atoms with van der Waals surface area (Å²) in [6.07, 6.45) is 1.69. The highest BCUT2D eigenvalue weighted by Gasteiger charge is 2.18. The molecule has 2 aromatic carbocycles. The molecule has 146 valence electrons. The van der Waals surface area contributed by atoms with E-state index in [1.54, 1.807) is 48.2 Å². The zero-order chi connectivity index (χ0) is 20.1. The van der Waals surface area contributed by atoms with Crippen LogP contribution in [0.5, 0.6) is 11.5 Å². The van der Waals surface area contributed by atoms with Crippen LogP contribution in [0.25, 0.3) is 5.69 Å². The molecular formula is C21H22FN3O3. The Morgan fingerprint density at radius 3 is 2.43 bits per heavy atom. The largest absolute Gasteiger partial charge is 0.493 e. The molecule has 7 heteroatoms. The van der Waals surface area contributed by atoms with Gasteiger partial charge >= 0.3 is 0 Å². The van der Waals surface area contributed by atoms with Gasteiger partial charge in [0.25, 0.3) is 5.91 Å². The van der Waals surface area contributed by atoms with Gasteiger partial charge in [-0.3, -0.25) is 4.79 Å². The van der Waals surface area contributed by atoms with E-state index in [1.807, 2.05) is 25.1 Å². The monoisotopic (exact) mass is 383 g/mol. The van der Waals surface area contributed by atoms with E-state index in [-0.39, 0.29) is 11.7 Å². The van der Waals surface area contributed by atoms with E-state index in [9.17, 15) is 9.18 Å². The number of amides is 1. The van der Waals surface area contributed by atoms with E-state index in [2.05, 4.69) is 5.10 Å². The van der Waals surface area contributed by atoms with Crippen LogP contribution in [0.1, 0.15) is 23.0 Å². The summed E-state index contributed by atoms with van der Waals surface area (Å²) >= 11 is 0. The number of halogens is 1. The number of carbonyl (C=O) groups is 1. The summed E-state index contributed by atoms with van der Waals surface area (Å²) in [5, 5.41) is 4.34. The van der Waals surface area contributed by atoms with Gasteiger partial charge in [0.1, 0.15) is 5.82 Å². The molecule has 1 heterocycles. The number of aromatic nitrogens is 2. The molecule has 0 radical (unpaired) electrons. The van der Waals surface area contributed by atoms with Crippen molar-refractivity contribution in [2.45, 2.75) is 13.5 Å². The van der Waals surface area contributed by atoms with Crippen LogP contribution in [0.4, 0.5) is 4.39 Å². The maximum absolute atomic E-state index is 13.1. The third-order valence-corrected chi connectivity index (χ3v) is 4.39. The van der Waals surface area contributed by atoms with Crippen LogP contribution >= 0.6 is 0 Å². The van der Waals surface area contributed by atoms with Gasteiger partial charge in [0, 0.05) is 19.3 Å². The molecule has 0 saturated heterocycles. The van der Waals surface area contributed by atoms with E-state index < -0.39 is 0 Å². The van der Waals surface area contributed by atoms with Gasteiger partial charge in [-0.25, -0.2) is 9.07 Å². The summed E-state index contributed by atoms with van der Waals surface area (Å²) in [6, 6.07) is 13.1. The Kier molecular flexibility index (Phi) is 5.93. The van der Waals surface area contributed by atoms with E-state index in [4.69, 9.17) is 9.47 Å². The number of methoxy groups -OCH3 is 2. The van der Waals surface area contributed by atoms with Gasteiger partial charge < -0.3 is 14.4 Å². The Morgan fingerprint density at radius 2 is 1.79 bits per heavy atom. The van der Waals surface area contributed by atoms with Crippen LogP contribution in [0.2, 0.25) is 0 Å². The number of rotatable bonds is 7. The van der Waals surface area contributed by atoms with E-state index in [0.717, 1.165) is 5.56 Å². The Hall–Kier alpha value is -3.35. The summed E-state index contributed by atoms with van der Waals surface area (Å²) in [6.45, 7) is 2.85. The number of ether oxygens (including phenoxy) is 2. The SMILES string of the molecule is CCN(Cc1ccc(OC)c(OC)c1)C(=O)c1ccn(-c2ccc(F)cc2)n1.